The third-order valence-corrected chi connectivity index (χ3v) is 4.41. The van der Waals surface area contributed by atoms with E-state index in [1.165, 1.54) is 18.2 Å². The van der Waals surface area contributed by atoms with E-state index in [0.29, 0.717) is 9.87 Å². The fourth-order valence-electron chi connectivity index (χ4n) is 1.45. The summed E-state index contributed by atoms with van der Waals surface area (Å²) in [5.41, 5.74) is 1.20. The van der Waals surface area contributed by atoms with Gasteiger partial charge in [0, 0.05) is 7.05 Å². The first kappa shape index (κ1) is 15.0. The third kappa shape index (κ3) is 3.24. The van der Waals surface area contributed by atoms with Crippen molar-refractivity contribution in [3.05, 3.63) is 29.3 Å². The highest BCUT2D eigenvalue weighted by Gasteiger charge is 2.24. The molecular weight excluding hydrogens is 264 g/mol. The summed E-state index contributed by atoms with van der Waals surface area (Å²) in [5.74, 6) is 0. The van der Waals surface area contributed by atoms with E-state index >= 15 is 0 Å². The second-order valence-electron chi connectivity index (χ2n) is 3.92. The largest absolute Gasteiger partial charge is 0.392 e. The number of hydrogen-bond acceptors (Lipinski definition) is 3. The van der Waals surface area contributed by atoms with E-state index in [4.69, 9.17) is 5.11 Å². The van der Waals surface area contributed by atoms with Crippen molar-refractivity contribution in [2.75, 3.05) is 13.6 Å². The van der Waals surface area contributed by atoms with Crippen LogP contribution < -0.4 is 0 Å². The number of alkyl halides is 2. The van der Waals surface area contributed by atoms with Crippen LogP contribution in [0, 0.1) is 6.92 Å². The number of sulfonamides is 1. The van der Waals surface area contributed by atoms with Gasteiger partial charge in [-0.05, 0) is 30.2 Å². The van der Waals surface area contributed by atoms with Crippen LogP contribution in [0.15, 0.2) is 23.1 Å². The molecule has 0 heterocycles. The van der Waals surface area contributed by atoms with Crippen molar-refractivity contribution in [1.82, 2.24) is 4.31 Å². The summed E-state index contributed by atoms with van der Waals surface area (Å²) in [4.78, 5) is -0.0969. The van der Waals surface area contributed by atoms with Crippen LogP contribution in [0.1, 0.15) is 11.1 Å². The molecule has 0 saturated heterocycles. The van der Waals surface area contributed by atoms with Crippen molar-refractivity contribution in [2.45, 2.75) is 24.9 Å². The first-order chi connectivity index (χ1) is 8.28. The van der Waals surface area contributed by atoms with Crippen LogP contribution in [0.25, 0.3) is 0 Å². The zero-order valence-electron chi connectivity index (χ0n) is 10.1. The lowest BCUT2D eigenvalue weighted by Gasteiger charge is -2.17. The molecule has 0 fully saturated rings. The number of aliphatic hydroxyl groups excluding tert-OH is 1. The molecule has 4 nitrogen and oxygen atoms in total. The van der Waals surface area contributed by atoms with Gasteiger partial charge in [0.1, 0.15) is 0 Å². The van der Waals surface area contributed by atoms with E-state index in [0.717, 1.165) is 12.6 Å². The van der Waals surface area contributed by atoms with Gasteiger partial charge < -0.3 is 5.11 Å². The number of nitrogens with zero attached hydrogens (tertiary/aromatic N) is 1. The minimum Gasteiger partial charge on any atom is -0.392 e. The first-order valence-corrected chi connectivity index (χ1v) is 6.68. The molecule has 102 valence electrons. The lowest BCUT2D eigenvalue weighted by atomic mass is 10.1. The van der Waals surface area contributed by atoms with Crippen molar-refractivity contribution >= 4 is 10.0 Å². The van der Waals surface area contributed by atoms with Crippen LogP contribution in [0.5, 0.6) is 0 Å². The van der Waals surface area contributed by atoms with Gasteiger partial charge in [-0.2, -0.15) is 4.31 Å². The Labute approximate surface area is 105 Å². The van der Waals surface area contributed by atoms with Crippen molar-refractivity contribution < 1.29 is 22.3 Å². The van der Waals surface area contributed by atoms with Gasteiger partial charge in [-0.15, -0.1) is 0 Å². The van der Waals surface area contributed by atoms with Crippen LogP contribution in [0.2, 0.25) is 0 Å². The summed E-state index contributed by atoms with van der Waals surface area (Å²) < 4.78 is 48.9. The molecule has 0 unspecified atom stereocenters. The Morgan fingerprint density at radius 1 is 1.39 bits per heavy atom. The summed E-state index contributed by atoms with van der Waals surface area (Å²) in [5, 5.41) is 9.06. The van der Waals surface area contributed by atoms with Gasteiger partial charge in [0.2, 0.25) is 10.0 Å². The van der Waals surface area contributed by atoms with Gasteiger partial charge in [0.05, 0.1) is 18.0 Å². The molecule has 1 aromatic rings. The summed E-state index contributed by atoms with van der Waals surface area (Å²) in [6.07, 6.45) is -2.73. The van der Waals surface area contributed by atoms with E-state index < -0.39 is 23.0 Å². The zero-order chi connectivity index (χ0) is 13.9. The monoisotopic (exact) mass is 279 g/mol. The maximum Gasteiger partial charge on any atom is 0.252 e. The highest BCUT2D eigenvalue weighted by atomic mass is 32.2. The van der Waals surface area contributed by atoms with Crippen molar-refractivity contribution in [3.8, 4) is 0 Å². The number of aryl methyl sites for hydroxylation is 1. The summed E-state index contributed by atoms with van der Waals surface area (Å²) >= 11 is 0. The average Bonchev–Trinajstić information content (AvgIpc) is 2.28. The Balaban J connectivity index is 3.12. The molecule has 0 aliphatic carbocycles. The molecule has 7 heteroatoms. The lowest BCUT2D eigenvalue weighted by molar-refractivity contribution is 0.126. The Hall–Kier alpha value is -1.05. The summed E-state index contributed by atoms with van der Waals surface area (Å²) in [6, 6.07) is 4.17. The molecule has 0 amide bonds. The van der Waals surface area contributed by atoms with Gasteiger partial charge in [-0.25, -0.2) is 17.2 Å². The second kappa shape index (κ2) is 5.73. The van der Waals surface area contributed by atoms with Crippen LogP contribution in [-0.2, 0) is 16.6 Å². The quantitative estimate of drug-likeness (QED) is 0.885. The van der Waals surface area contributed by atoms with E-state index in [1.807, 2.05) is 0 Å². The fraction of sp³-hybridized carbons (Fsp3) is 0.455. The smallest absolute Gasteiger partial charge is 0.252 e. The predicted octanol–water partition coefficient (Wildman–Crippen LogP) is 1.37. The summed E-state index contributed by atoms with van der Waals surface area (Å²) in [7, 11) is -2.84. The second-order valence-corrected chi connectivity index (χ2v) is 5.97. The van der Waals surface area contributed by atoms with Crippen molar-refractivity contribution in [3.63, 3.8) is 0 Å². The van der Waals surface area contributed by atoms with Crippen LogP contribution >= 0.6 is 0 Å². The van der Waals surface area contributed by atoms with Gasteiger partial charge in [-0.3, -0.25) is 0 Å². The zero-order valence-corrected chi connectivity index (χ0v) is 10.9. The minimum absolute atomic E-state index is 0.0969. The molecule has 0 aliphatic heterocycles. The molecule has 0 aromatic heterocycles. The number of halogens is 2. The Kier molecular flexibility index (Phi) is 4.78. The number of benzene rings is 1. The Morgan fingerprint density at radius 2 is 2.00 bits per heavy atom. The van der Waals surface area contributed by atoms with Crippen molar-refractivity contribution in [2.24, 2.45) is 0 Å². The van der Waals surface area contributed by atoms with Crippen LogP contribution in [0.3, 0.4) is 0 Å². The van der Waals surface area contributed by atoms with E-state index in [-0.39, 0.29) is 11.5 Å². The van der Waals surface area contributed by atoms with Crippen LogP contribution in [-0.4, -0.2) is 37.8 Å². The normalized spacial score (nSPS) is 12.4. The fourth-order valence-corrected chi connectivity index (χ4v) is 2.65. The van der Waals surface area contributed by atoms with E-state index in [9.17, 15) is 17.2 Å². The van der Waals surface area contributed by atoms with Crippen LogP contribution in [0.4, 0.5) is 8.78 Å². The molecule has 0 radical (unpaired) electrons. The highest BCUT2D eigenvalue weighted by Crippen LogP contribution is 2.19. The van der Waals surface area contributed by atoms with E-state index in [2.05, 4.69) is 0 Å². The van der Waals surface area contributed by atoms with E-state index in [1.54, 1.807) is 6.92 Å². The molecule has 1 rings (SSSR count). The first-order valence-electron chi connectivity index (χ1n) is 5.24. The van der Waals surface area contributed by atoms with Gasteiger partial charge >= 0.3 is 0 Å². The maximum atomic E-state index is 12.2. The lowest BCUT2D eigenvalue weighted by Crippen LogP contribution is -2.31. The minimum atomic E-state index is -3.94. The molecule has 0 saturated carbocycles. The maximum absolute atomic E-state index is 12.2. The van der Waals surface area contributed by atoms with Gasteiger partial charge in [0.25, 0.3) is 6.43 Å². The van der Waals surface area contributed by atoms with Gasteiger partial charge in [0.15, 0.2) is 0 Å². The molecule has 1 aromatic carbocycles. The number of rotatable bonds is 5. The average molecular weight is 279 g/mol. The molecule has 0 spiro atoms. The molecule has 18 heavy (non-hydrogen) atoms. The molecule has 1 N–H and O–H groups in total. The third-order valence-electron chi connectivity index (χ3n) is 2.59. The Bertz CT molecular complexity index is 517. The number of aliphatic hydroxyl groups is 1. The topological polar surface area (TPSA) is 57.6 Å². The molecule has 0 atom stereocenters. The molecule has 0 bridgehead atoms. The molecular formula is C11H15F2NO3S. The SMILES string of the molecule is Cc1ccc(S(=O)(=O)N(C)CC(F)F)cc1CO. The highest BCUT2D eigenvalue weighted by molar-refractivity contribution is 7.89. The van der Waals surface area contributed by atoms with Crippen molar-refractivity contribution in [1.29, 1.82) is 0 Å². The number of hydrogen-bond donors (Lipinski definition) is 1. The van der Waals surface area contributed by atoms with Gasteiger partial charge in [-0.1, -0.05) is 6.07 Å². The predicted molar refractivity (Wildman–Crippen MR) is 62.9 cm³/mol. The Morgan fingerprint density at radius 3 is 2.50 bits per heavy atom. The summed E-state index contributed by atoms with van der Waals surface area (Å²) in [6.45, 7) is 0.573. The molecule has 0 aliphatic rings. The standard InChI is InChI=1S/C11H15F2NO3S/c1-8-3-4-10(5-9(8)7-15)18(16,17)14(2)6-11(12)13/h3-5,11,15H,6-7H2,1-2H3.